The highest BCUT2D eigenvalue weighted by atomic mass is 79.9. The first-order chi connectivity index (χ1) is 19.9. The summed E-state index contributed by atoms with van der Waals surface area (Å²) < 4.78 is 34.4. The minimum atomic E-state index is -2.25. The fourth-order valence-corrected chi connectivity index (χ4v) is 6.75. The van der Waals surface area contributed by atoms with Gasteiger partial charge in [0.25, 0.3) is 5.56 Å². The van der Waals surface area contributed by atoms with Crippen molar-refractivity contribution >= 4 is 41.2 Å². The average molecular weight is 674 g/mol. The van der Waals surface area contributed by atoms with Crippen LogP contribution in [-0.2, 0) is 9.16 Å². The van der Waals surface area contributed by atoms with Gasteiger partial charge in [0.15, 0.2) is 19.9 Å². The molecule has 1 fully saturated rings. The second kappa shape index (κ2) is 11.7. The lowest BCUT2D eigenvalue weighted by Gasteiger charge is -2.38. The largest absolute Gasteiger partial charge is 0.494 e. The van der Waals surface area contributed by atoms with Crippen molar-refractivity contribution in [2.45, 2.75) is 83.8 Å². The number of hydrogen-bond acceptors (Lipinski definition) is 7. The molecule has 1 aliphatic heterocycles. The van der Waals surface area contributed by atoms with Gasteiger partial charge in [-0.05, 0) is 79.1 Å². The molecule has 43 heavy (non-hydrogen) atoms. The van der Waals surface area contributed by atoms with Crippen LogP contribution < -0.4 is 10.3 Å². The zero-order valence-electron chi connectivity index (χ0n) is 26.0. The second-order valence-corrected chi connectivity index (χ2v) is 18.9. The summed E-state index contributed by atoms with van der Waals surface area (Å²) in [5.74, 6) is -0.431. The Morgan fingerprint density at radius 2 is 1.84 bits per heavy atom. The van der Waals surface area contributed by atoms with E-state index in [4.69, 9.17) is 18.9 Å². The third-order valence-corrected chi connectivity index (χ3v) is 13.1. The number of nitriles is 1. The van der Waals surface area contributed by atoms with Crippen LogP contribution in [0.1, 0.15) is 65.4 Å². The van der Waals surface area contributed by atoms with E-state index in [1.807, 2.05) is 0 Å². The van der Waals surface area contributed by atoms with Gasteiger partial charge in [-0.3, -0.25) is 14.3 Å². The molecule has 1 aliphatic rings. The van der Waals surface area contributed by atoms with E-state index in [1.54, 1.807) is 37.8 Å². The van der Waals surface area contributed by atoms with Crippen LogP contribution in [0.4, 0.5) is 9.18 Å². The summed E-state index contributed by atoms with van der Waals surface area (Å²) in [6.45, 7) is 16.3. The van der Waals surface area contributed by atoms with Gasteiger partial charge < -0.3 is 13.9 Å². The van der Waals surface area contributed by atoms with Gasteiger partial charge in [-0.1, -0.05) is 20.8 Å². The first-order valence-electron chi connectivity index (χ1n) is 14.0. The first kappa shape index (κ1) is 32.6. The molecule has 0 N–H and O–H groups in total. The Labute approximate surface area is 260 Å². The molecule has 0 unspecified atom stereocenters. The molecule has 2 atom stereocenters. The van der Waals surface area contributed by atoms with Gasteiger partial charge in [0.05, 0.1) is 47.5 Å². The summed E-state index contributed by atoms with van der Waals surface area (Å²) >= 11 is 3.47. The first-order valence-corrected chi connectivity index (χ1v) is 17.7. The molecule has 0 bridgehead atoms. The maximum absolute atomic E-state index is 15.0. The minimum absolute atomic E-state index is 0.0145. The number of likely N-dealkylation sites (tertiary alicyclic amines) is 1. The quantitative estimate of drug-likeness (QED) is 0.263. The van der Waals surface area contributed by atoms with Gasteiger partial charge in [0.1, 0.15) is 11.4 Å². The van der Waals surface area contributed by atoms with Crippen LogP contribution in [-0.4, -0.2) is 54.2 Å². The van der Waals surface area contributed by atoms with Crippen LogP contribution in [0, 0.1) is 17.1 Å². The number of aromatic nitrogens is 2. The van der Waals surface area contributed by atoms with Gasteiger partial charge in [0, 0.05) is 23.5 Å². The van der Waals surface area contributed by atoms with E-state index in [0.29, 0.717) is 16.4 Å². The van der Waals surface area contributed by atoms with Crippen LogP contribution in [0.2, 0.25) is 18.1 Å². The van der Waals surface area contributed by atoms with Crippen molar-refractivity contribution in [3.63, 3.8) is 0 Å². The number of hydrogen-bond donors (Lipinski definition) is 0. The van der Waals surface area contributed by atoms with Gasteiger partial charge in [-0.15, -0.1) is 0 Å². The van der Waals surface area contributed by atoms with Crippen LogP contribution in [0.25, 0.3) is 16.6 Å². The normalized spacial score (nSPS) is 17.7. The van der Waals surface area contributed by atoms with Crippen LogP contribution in [0.15, 0.2) is 39.6 Å². The fraction of sp³-hybridized carbons (Fsp3) is 0.484. The third kappa shape index (κ3) is 6.64. The number of rotatable bonds is 5. The molecule has 0 spiro atoms. The smallest absolute Gasteiger partial charge is 0.411 e. The molecule has 2 aromatic carbocycles. The van der Waals surface area contributed by atoms with Crippen molar-refractivity contribution in [3.05, 3.63) is 62.4 Å². The Hall–Kier alpha value is -3.27. The summed E-state index contributed by atoms with van der Waals surface area (Å²) in [5.41, 5.74) is -0.504. The number of carbonyl (C=O) groups is 1. The highest BCUT2D eigenvalue weighted by Crippen LogP contribution is 2.42. The summed E-state index contributed by atoms with van der Waals surface area (Å²) in [4.78, 5) is 34.3. The number of ether oxygens (including phenoxy) is 2. The predicted molar refractivity (Wildman–Crippen MR) is 169 cm³/mol. The molecule has 1 amide bonds. The van der Waals surface area contributed by atoms with Crippen LogP contribution >= 0.6 is 15.9 Å². The van der Waals surface area contributed by atoms with E-state index in [-0.39, 0.29) is 45.9 Å². The zero-order valence-corrected chi connectivity index (χ0v) is 28.6. The number of fused-ring (bicyclic) bond motifs is 1. The van der Waals surface area contributed by atoms with E-state index < -0.39 is 37.4 Å². The standard InChI is InChI=1S/C31H38BrFN4O5Si/c1-30(2,3)41-29(39)36-17-20(42-43(8,9)31(4,5)6)15-24(36)27-35-26-21(12-18(16-34)13-22(26)32)28(38)37(27)19-10-11-25(40-7)23(33)14-19/h10-14,20,24H,15,17H2,1-9H3/t20-,24+/m0/s1. The monoisotopic (exact) mass is 672 g/mol. The number of methoxy groups -OCH3 is 1. The van der Waals surface area contributed by atoms with Gasteiger partial charge in [-0.25, -0.2) is 14.2 Å². The minimum Gasteiger partial charge on any atom is -0.494 e. The Morgan fingerprint density at radius 1 is 1.16 bits per heavy atom. The van der Waals surface area contributed by atoms with Crippen molar-refractivity contribution in [2.24, 2.45) is 0 Å². The summed E-state index contributed by atoms with van der Waals surface area (Å²) in [6.07, 6.45) is -0.577. The van der Waals surface area contributed by atoms with E-state index in [9.17, 15) is 14.9 Å². The summed E-state index contributed by atoms with van der Waals surface area (Å²) in [7, 11) is -0.895. The molecule has 3 aromatic rings. The maximum Gasteiger partial charge on any atom is 0.411 e. The third-order valence-electron chi connectivity index (χ3n) is 7.93. The van der Waals surface area contributed by atoms with E-state index >= 15 is 4.39 Å². The Bertz CT molecular complexity index is 1670. The molecule has 1 aromatic heterocycles. The second-order valence-electron chi connectivity index (χ2n) is 13.3. The predicted octanol–water partition coefficient (Wildman–Crippen LogP) is 7.24. The summed E-state index contributed by atoms with van der Waals surface area (Å²) in [6, 6.07) is 8.53. The van der Waals surface area contributed by atoms with Gasteiger partial charge in [0.2, 0.25) is 0 Å². The topological polar surface area (TPSA) is 107 Å². The van der Waals surface area contributed by atoms with Crippen molar-refractivity contribution in [1.29, 1.82) is 5.26 Å². The molecular formula is C31H38BrFN4O5Si. The maximum atomic E-state index is 15.0. The molecule has 0 aliphatic carbocycles. The van der Waals surface area contributed by atoms with Gasteiger partial charge >= 0.3 is 6.09 Å². The molecular weight excluding hydrogens is 635 g/mol. The lowest BCUT2D eigenvalue weighted by Crippen LogP contribution is -2.45. The van der Waals surface area contributed by atoms with Crippen molar-refractivity contribution in [1.82, 2.24) is 14.5 Å². The van der Waals surface area contributed by atoms with Crippen molar-refractivity contribution in [2.75, 3.05) is 13.7 Å². The lowest BCUT2D eigenvalue weighted by atomic mass is 10.1. The SMILES string of the molecule is COc1ccc(-n2c([C@H]3C[C@H](O[Si](C)(C)C(C)(C)C)CN3C(=O)OC(C)(C)C)nc3c(Br)cc(C#N)cc3c2=O)cc1F. The molecule has 230 valence electrons. The number of amides is 1. The molecule has 9 nitrogen and oxygen atoms in total. The molecule has 1 saturated heterocycles. The molecule has 0 saturated carbocycles. The highest BCUT2D eigenvalue weighted by molar-refractivity contribution is 9.10. The number of carbonyl (C=O) groups excluding carboxylic acids is 1. The van der Waals surface area contributed by atoms with Crippen LogP contribution in [0.3, 0.4) is 0 Å². The van der Waals surface area contributed by atoms with Crippen molar-refractivity contribution < 1.29 is 23.1 Å². The Morgan fingerprint density at radius 3 is 2.40 bits per heavy atom. The Balaban J connectivity index is 1.98. The van der Waals surface area contributed by atoms with Gasteiger partial charge in [-0.2, -0.15) is 5.26 Å². The number of nitrogens with zero attached hydrogens (tertiary/aromatic N) is 4. The molecule has 0 radical (unpaired) electrons. The molecule has 12 heteroatoms. The van der Waals surface area contributed by atoms with E-state index in [2.05, 4.69) is 55.9 Å². The van der Waals surface area contributed by atoms with Crippen LogP contribution in [0.5, 0.6) is 5.75 Å². The zero-order chi connectivity index (χ0) is 32.1. The number of benzene rings is 2. The molecule has 2 heterocycles. The van der Waals surface area contributed by atoms with Crippen molar-refractivity contribution in [3.8, 4) is 17.5 Å². The fourth-order valence-electron chi connectivity index (χ4n) is 4.84. The molecule has 4 rings (SSSR count). The van der Waals surface area contributed by atoms with E-state index in [1.165, 1.54) is 29.9 Å². The number of halogens is 2. The lowest BCUT2D eigenvalue weighted by molar-refractivity contribution is 0.0201. The average Bonchev–Trinajstić information content (AvgIpc) is 3.30. The highest BCUT2D eigenvalue weighted by Gasteiger charge is 2.46. The van der Waals surface area contributed by atoms with E-state index in [0.717, 1.165) is 0 Å². The summed E-state index contributed by atoms with van der Waals surface area (Å²) in [5, 5.41) is 9.65. The Kier molecular flexibility index (Phi) is 8.86.